The predicted octanol–water partition coefficient (Wildman–Crippen LogP) is 3.29. The molecule has 1 unspecified atom stereocenters. The summed E-state index contributed by atoms with van der Waals surface area (Å²) in [6, 6.07) is 0.996. The summed E-state index contributed by atoms with van der Waals surface area (Å²) in [6.07, 6.45) is 1.97. The largest absolute Gasteiger partial charge is 0.299 e. The molecule has 0 saturated heterocycles. The van der Waals surface area contributed by atoms with E-state index >= 15 is 0 Å². The van der Waals surface area contributed by atoms with Gasteiger partial charge in [-0.15, -0.1) is 0 Å². The maximum absolute atomic E-state index is 11.7. The van der Waals surface area contributed by atoms with Crippen LogP contribution in [0, 0.1) is 5.92 Å². The minimum atomic E-state index is -1.15. The second-order valence-corrected chi connectivity index (χ2v) is 11.1. The van der Waals surface area contributed by atoms with Crippen LogP contribution in [0.3, 0.4) is 0 Å². The van der Waals surface area contributed by atoms with Crippen molar-refractivity contribution in [1.82, 2.24) is 0 Å². The first-order chi connectivity index (χ1) is 6.78. The van der Waals surface area contributed by atoms with Crippen LogP contribution < -0.4 is 0 Å². The highest BCUT2D eigenvalue weighted by Gasteiger charge is 2.22. The Balaban J connectivity index is 4.05. The van der Waals surface area contributed by atoms with Gasteiger partial charge in [-0.3, -0.25) is 9.59 Å². The summed E-state index contributed by atoms with van der Waals surface area (Å²) in [4.78, 5) is 23.2. The van der Waals surface area contributed by atoms with Gasteiger partial charge >= 0.3 is 0 Å². The number of ketones is 2. The quantitative estimate of drug-likeness (QED) is 0.495. The van der Waals surface area contributed by atoms with Crippen molar-refractivity contribution in [2.24, 2.45) is 5.92 Å². The molecule has 0 aromatic heterocycles. The highest BCUT2D eigenvalue weighted by atomic mass is 28.3. The Bertz CT molecular complexity index is 228. The summed E-state index contributed by atoms with van der Waals surface area (Å²) in [5, 5.41) is 0. The molecule has 0 amide bonds. The van der Waals surface area contributed by atoms with Gasteiger partial charge in [-0.05, 0) is 13.3 Å². The minimum absolute atomic E-state index is 0.109. The lowest BCUT2D eigenvalue weighted by molar-refractivity contribution is -0.131. The molecule has 0 fully saturated rings. The molecule has 0 aliphatic rings. The Kier molecular flexibility index (Phi) is 6.02. The van der Waals surface area contributed by atoms with Crippen molar-refractivity contribution < 1.29 is 9.59 Å². The molecule has 15 heavy (non-hydrogen) atoms. The van der Waals surface area contributed by atoms with Crippen LogP contribution in [0.5, 0.6) is 0 Å². The molecule has 0 aromatic carbocycles. The fourth-order valence-corrected chi connectivity index (χ4v) is 2.35. The number of carbonyl (C=O) groups excluding carboxylic acids is 2. The van der Waals surface area contributed by atoms with Gasteiger partial charge in [-0.2, -0.15) is 0 Å². The van der Waals surface area contributed by atoms with Gasteiger partial charge in [0.25, 0.3) is 0 Å². The van der Waals surface area contributed by atoms with Crippen LogP contribution in [0.25, 0.3) is 0 Å². The molecule has 0 aliphatic carbocycles. The van der Waals surface area contributed by atoms with E-state index in [1.807, 2.05) is 6.92 Å². The van der Waals surface area contributed by atoms with E-state index in [1.165, 1.54) is 0 Å². The monoisotopic (exact) mass is 228 g/mol. The standard InChI is InChI=1S/C12H24O2Si/c1-6-7-11(13)10(2)12(14)8-9-15(3,4)5/h10H,6-9H2,1-5H3. The molecule has 0 heterocycles. The molecule has 0 bridgehead atoms. The van der Waals surface area contributed by atoms with E-state index in [0.29, 0.717) is 12.8 Å². The van der Waals surface area contributed by atoms with Crippen molar-refractivity contribution in [2.75, 3.05) is 0 Å². The van der Waals surface area contributed by atoms with Gasteiger partial charge in [0, 0.05) is 20.9 Å². The summed E-state index contributed by atoms with van der Waals surface area (Å²) in [5.74, 6) is -0.129. The third-order valence-electron chi connectivity index (χ3n) is 2.58. The number of hydrogen-bond donors (Lipinski definition) is 0. The van der Waals surface area contributed by atoms with Gasteiger partial charge < -0.3 is 0 Å². The van der Waals surface area contributed by atoms with E-state index in [-0.39, 0.29) is 17.5 Å². The summed E-state index contributed by atoms with van der Waals surface area (Å²) >= 11 is 0. The average molecular weight is 228 g/mol. The lowest BCUT2D eigenvalue weighted by Gasteiger charge is -2.16. The molecule has 1 atom stereocenters. The van der Waals surface area contributed by atoms with E-state index in [2.05, 4.69) is 19.6 Å². The fraction of sp³-hybridized carbons (Fsp3) is 0.833. The van der Waals surface area contributed by atoms with E-state index in [9.17, 15) is 9.59 Å². The third-order valence-corrected chi connectivity index (χ3v) is 4.33. The first-order valence-corrected chi connectivity index (χ1v) is 9.54. The van der Waals surface area contributed by atoms with Crippen LogP contribution in [0.2, 0.25) is 25.7 Å². The van der Waals surface area contributed by atoms with Crippen LogP contribution in [0.15, 0.2) is 0 Å². The van der Waals surface area contributed by atoms with Gasteiger partial charge in [-0.25, -0.2) is 0 Å². The molecule has 0 aromatic rings. The highest BCUT2D eigenvalue weighted by molar-refractivity contribution is 6.76. The Hall–Kier alpha value is -0.443. The predicted molar refractivity (Wildman–Crippen MR) is 66.9 cm³/mol. The van der Waals surface area contributed by atoms with Gasteiger partial charge in [0.1, 0.15) is 11.6 Å². The number of hydrogen-bond acceptors (Lipinski definition) is 2. The molecule has 0 rings (SSSR count). The fourth-order valence-electron chi connectivity index (χ4n) is 1.36. The highest BCUT2D eigenvalue weighted by Crippen LogP contribution is 2.15. The average Bonchev–Trinajstić information content (AvgIpc) is 2.12. The Morgan fingerprint density at radius 2 is 1.53 bits per heavy atom. The SMILES string of the molecule is CCCC(=O)C(C)C(=O)CC[Si](C)(C)C. The summed E-state index contributed by atoms with van der Waals surface area (Å²) in [5.41, 5.74) is 0. The zero-order valence-corrected chi connectivity index (χ0v) is 11.7. The third kappa shape index (κ3) is 6.61. The smallest absolute Gasteiger partial charge is 0.143 e. The van der Waals surface area contributed by atoms with E-state index in [1.54, 1.807) is 6.92 Å². The van der Waals surface area contributed by atoms with Crippen molar-refractivity contribution >= 4 is 19.6 Å². The van der Waals surface area contributed by atoms with E-state index in [0.717, 1.165) is 12.5 Å². The first-order valence-electron chi connectivity index (χ1n) is 5.83. The van der Waals surface area contributed by atoms with Crippen molar-refractivity contribution in [3.63, 3.8) is 0 Å². The van der Waals surface area contributed by atoms with Crippen LogP contribution >= 0.6 is 0 Å². The number of rotatable bonds is 7. The Morgan fingerprint density at radius 1 is 1.07 bits per heavy atom. The Morgan fingerprint density at radius 3 is 1.93 bits per heavy atom. The van der Waals surface area contributed by atoms with Crippen LogP contribution in [-0.2, 0) is 9.59 Å². The second kappa shape index (κ2) is 6.21. The van der Waals surface area contributed by atoms with Crippen LogP contribution in [0.1, 0.15) is 33.1 Å². The molecule has 2 nitrogen and oxygen atoms in total. The minimum Gasteiger partial charge on any atom is -0.299 e. The van der Waals surface area contributed by atoms with Gasteiger partial charge in [0.2, 0.25) is 0 Å². The molecule has 0 saturated carbocycles. The number of Topliss-reactive ketones (excluding diaryl/α,β-unsaturated/α-hetero) is 2. The van der Waals surface area contributed by atoms with Crippen LogP contribution in [0.4, 0.5) is 0 Å². The van der Waals surface area contributed by atoms with Gasteiger partial charge in [0.15, 0.2) is 0 Å². The molecular weight excluding hydrogens is 204 g/mol. The molecule has 0 aliphatic heterocycles. The summed E-state index contributed by atoms with van der Waals surface area (Å²) < 4.78 is 0. The van der Waals surface area contributed by atoms with Gasteiger partial charge in [0.05, 0.1) is 5.92 Å². The molecule has 3 heteroatoms. The molecule has 0 N–H and O–H groups in total. The van der Waals surface area contributed by atoms with Crippen LogP contribution in [-0.4, -0.2) is 19.6 Å². The van der Waals surface area contributed by atoms with Gasteiger partial charge in [-0.1, -0.05) is 32.6 Å². The maximum Gasteiger partial charge on any atom is 0.143 e. The summed E-state index contributed by atoms with van der Waals surface area (Å²) in [6.45, 7) is 10.5. The molecule has 0 radical (unpaired) electrons. The zero-order chi connectivity index (χ0) is 12.1. The zero-order valence-electron chi connectivity index (χ0n) is 10.7. The maximum atomic E-state index is 11.7. The normalized spacial score (nSPS) is 13.7. The summed E-state index contributed by atoms with van der Waals surface area (Å²) in [7, 11) is -1.15. The second-order valence-electron chi connectivity index (χ2n) is 5.46. The van der Waals surface area contributed by atoms with Crippen molar-refractivity contribution in [3.8, 4) is 0 Å². The molecular formula is C12H24O2Si. The number of carbonyl (C=O) groups is 2. The van der Waals surface area contributed by atoms with Crippen molar-refractivity contribution in [1.29, 1.82) is 0 Å². The molecule has 0 spiro atoms. The van der Waals surface area contributed by atoms with Crippen molar-refractivity contribution in [2.45, 2.75) is 58.8 Å². The lowest BCUT2D eigenvalue weighted by Crippen LogP contribution is -2.25. The van der Waals surface area contributed by atoms with E-state index in [4.69, 9.17) is 0 Å². The Labute approximate surface area is 94.5 Å². The lowest BCUT2D eigenvalue weighted by atomic mass is 9.97. The first kappa shape index (κ1) is 14.6. The van der Waals surface area contributed by atoms with E-state index < -0.39 is 8.07 Å². The topological polar surface area (TPSA) is 34.1 Å². The van der Waals surface area contributed by atoms with Crippen molar-refractivity contribution in [3.05, 3.63) is 0 Å². The molecule has 88 valence electrons.